The zero-order valence-corrected chi connectivity index (χ0v) is 14.0. The Morgan fingerprint density at radius 2 is 2.26 bits per heavy atom. The lowest BCUT2D eigenvalue weighted by Gasteiger charge is -2.23. The van der Waals surface area contributed by atoms with E-state index in [1.54, 1.807) is 13.2 Å². The maximum absolute atomic E-state index is 10.3. The van der Waals surface area contributed by atoms with E-state index in [-0.39, 0.29) is 11.8 Å². The molecule has 0 saturated carbocycles. The number of hydrogen-bond donors (Lipinski definition) is 1. The third kappa shape index (κ3) is 3.20. The van der Waals surface area contributed by atoms with E-state index in [1.165, 1.54) is 0 Å². The molecule has 5 heteroatoms. The number of rotatable bonds is 5. The normalized spacial score (nSPS) is 18.7. The van der Waals surface area contributed by atoms with Gasteiger partial charge in [-0.25, -0.2) is 0 Å². The maximum Gasteiger partial charge on any atom is 0.162 e. The van der Waals surface area contributed by atoms with Gasteiger partial charge >= 0.3 is 0 Å². The molecule has 0 aliphatic carbocycles. The van der Waals surface area contributed by atoms with Gasteiger partial charge in [-0.05, 0) is 25.5 Å². The average molecular weight is 316 g/mol. The van der Waals surface area contributed by atoms with Crippen molar-refractivity contribution in [3.05, 3.63) is 41.3 Å². The number of phenolic OH excluding ortho intramolecular Hbond substituents is 1. The summed E-state index contributed by atoms with van der Waals surface area (Å²) in [5, 5.41) is 14.6. The number of aromatic hydroxyl groups is 1. The second-order valence-corrected chi connectivity index (χ2v) is 6.41. The molecule has 0 spiro atoms. The van der Waals surface area contributed by atoms with Gasteiger partial charge in [0.05, 0.1) is 13.2 Å². The average Bonchev–Trinajstić information content (AvgIpc) is 3.18. The molecule has 0 radical (unpaired) electrons. The number of methoxy groups -OCH3 is 1. The van der Waals surface area contributed by atoms with E-state index < -0.39 is 0 Å². The third-order valence-corrected chi connectivity index (χ3v) is 4.50. The number of likely N-dealkylation sites (tertiary alicyclic amines) is 1. The van der Waals surface area contributed by atoms with Crippen LogP contribution < -0.4 is 4.74 Å². The molecule has 0 bridgehead atoms. The number of ether oxygens (including phenoxy) is 1. The van der Waals surface area contributed by atoms with Gasteiger partial charge in [0.1, 0.15) is 11.5 Å². The van der Waals surface area contributed by atoms with Crippen LogP contribution in [0.15, 0.2) is 28.8 Å². The van der Waals surface area contributed by atoms with E-state index >= 15 is 0 Å². The van der Waals surface area contributed by atoms with Crippen LogP contribution in [0.2, 0.25) is 0 Å². The highest BCUT2D eigenvalue weighted by molar-refractivity contribution is 5.45. The quantitative estimate of drug-likeness (QED) is 0.908. The van der Waals surface area contributed by atoms with Crippen LogP contribution >= 0.6 is 0 Å². The molecular formula is C18H24N2O3. The van der Waals surface area contributed by atoms with Crippen LogP contribution in [-0.2, 0) is 6.54 Å². The number of phenols is 1. The zero-order chi connectivity index (χ0) is 16.4. The standard InChI is InChI=1S/C18H24N2O3/c1-12(2)17-10-14(19-23-17)15-7-5-9-20(15)11-13-6-4-8-16(22-3)18(13)21/h4,6,8,10,12,15,21H,5,7,9,11H2,1-3H3/t15-/m0/s1. The highest BCUT2D eigenvalue weighted by Crippen LogP contribution is 2.36. The predicted molar refractivity (Wildman–Crippen MR) is 87.6 cm³/mol. The number of aromatic nitrogens is 1. The summed E-state index contributed by atoms with van der Waals surface area (Å²) in [4.78, 5) is 2.34. The molecule has 1 aliphatic heterocycles. The van der Waals surface area contributed by atoms with Crippen molar-refractivity contribution in [2.45, 2.75) is 45.2 Å². The Bertz CT molecular complexity index is 666. The second kappa shape index (κ2) is 6.62. The fourth-order valence-electron chi connectivity index (χ4n) is 3.16. The van der Waals surface area contributed by atoms with Crippen molar-refractivity contribution in [1.29, 1.82) is 0 Å². The molecule has 2 heterocycles. The fourth-order valence-corrected chi connectivity index (χ4v) is 3.16. The van der Waals surface area contributed by atoms with E-state index in [9.17, 15) is 5.11 Å². The lowest BCUT2D eigenvalue weighted by molar-refractivity contribution is 0.232. The summed E-state index contributed by atoms with van der Waals surface area (Å²) in [5.74, 6) is 2.01. The van der Waals surface area contributed by atoms with Gasteiger partial charge in [0.25, 0.3) is 0 Å². The number of para-hydroxylation sites is 1. The molecule has 1 atom stereocenters. The van der Waals surface area contributed by atoms with E-state index in [0.717, 1.165) is 36.4 Å². The van der Waals surface area contributed by atoms with Gasteiger partial charge in [-0.1, -0.05) is 31.1 Å². The SMILES string of the molecule is COc1cccc(CN2CCC[C@H]2c2cc(C(C)C)on2)c1O. The third-order valence-electron chi connectivity index (χ3n) is 4.50. The van der Waals surface area contributed by atoms with Crippen molar-refractivity contribution in [2.24, 2.45) is 0 Å². The van der Waals surface area contributed by atoms with Crippen molar-refractivity contribution >= 4 is 0 Å². The topological polar surface area (TPSA) is 58.7 Å². The van der Waals surface area contributed by atoms with Crippen LogP contribution in [0.5, 0.6) is 11.5 Å². The Morgan fingerprint density at radius 1 is 1.43 bits per heavy atom. The minimum atomic E-state index is 0.226. The molecule has 1 saturated heterocycles. The van der Waals surface area contributed by atoms with Gasteiger partial charge in [-0.2, -0.15) is 0 Å². The van der Waals surface area contributed by atoms with Crippen molar-refractivity contribution in [1.82, 2.24) is 10.1 Å². The van der Waals surface area contributed by atoms with Crippen molar-refractivity contribution in [3.63, 3.8) is 0 Å². The van der Waals surface area contributed by atoms with Crippen LogP contribution in [0.25, 0.3) is 0 Å². The van der Waals surface area contributed by atoms with Gasteiger partial charge in [0, 0.05) is 24.1 Å². The minimum absolute atomic E-state index is 0.226. The molecule has 124 valence electrons. The summed E-state index contributed by atoms with van der Waals surface area (Å²) in [5.41, 5.74) is 1.87. The minimum Gasteiger partial charge on any atom is -0.504 e. The smallest absolute Gasteiger partial charge is 0.162 e. The van der Waals surface area contributed by atoms with Crippen molar-refractivity contribution in [2.75, 3.05) is 13.7 Å². The lowest BCUT2D eigenvalue weighted by atomic mass is 10.1. The van der Waals surface area contributed by atoms with E-state index in [4.69, 9.17) is 9.26 Å². The van der Waals surface area contributed by atoms with Crippen LogP contribution in [0.3, 0.4) is 0 Å². The van der Waals surface area contributed by atoms with Crippen molar-refractivity contribution < 1.29 is 14.4 Å². The molecule has 23 heavy (non-hydrogen) atoms. The molecule has 1 aromatic carbocycles. The molecule has 0 unspecified atom stereocenters. The number of nitrogens with zero attached hydrogens (tertiary/aromatic N) is 2. The maximum atomic E-state index is 10.3. The van der Waals surface area contributed by atoms with Crippen molar-refractivity contribution in [3.8, 4) is 11.5 Å². The second-order valence-electron chi connectivity index (χ2n) is 6.41. The first kappa shape index (κ1) is 15.9. The van der Waals surface area contributed by atoms with E-state index in [2.05, 4.69) is 30.0 Å². The summed E-state index contributed by atoms with van der Waals surface area (Å²) in [6.07, 6.45) is 2.19. The summed E-state index contributed by atoms with van der Waals surface area (Å²) in [6.45, 7) is 5.87. The molecular weight excluding hydrogens is 292 g/mol. The predicted octanol–water partition coefficient (Wildman–Crippen LogP) is 3.85. The summed E-state index contributed by atoms with van der Waals surface area (Å²) >= 11 is 0. The van der Waals surface area contributed by atoms with E-state index in [1.807, 2.05) is 12.1 Å². The molecule has 0 amide bonds. The Labute approximate surface area is 136 Å². The fraction of sp³-hybridized carbons (Fsp3) is 0.500. The number of benzene rings is 1. The first-order valence-electron chi connectivity index (χ1n) is 8.15. The summed E-state index contributed by atoms with van der Waals surface area (Å²) in [7, 11) is 1.57. The Morgan fingerprint density at radius 3 is 2.96 bits per heavy atom. The molecule has 2 aromatic rings. The highest BCUT2D eigenvalue weighted by Gasteiger charge is 2.29. The Kier molecular flexibility index (Phi) is 4.57. The Hall–Kier alpha value is -2.01. The molecule has 3 rings (SSSR count). The van der Waals surface area contributed by atoms with Crippen LogP contribution in [0.4, 0.5) is 0 Å². The van der Waals surface area contributed by atoms with Crippen LogP contribution in [0.1, 0.15) is 55.7 Å². The first-order chi connectivity index (χ1) is 11.1. The summed E-state index contributed by atoms with van der Waals surface area (Å²) < 4.78 is 10.6. The first-order valence-corrected chi connectivity index (χ1v) is 8.15. The van der Waals surface area contributed by atoms with Crippen LogP contribution in [-0.4, -0.2) is 28.8 Å². The molecule has 1 aromatic heterocycles. The number of hydrogen-bond acceptors (Lipinski definition) is 5. The highest BCUT2D eigenvalue weighted by atomic mass is 16.5. The van der Waals surface area contributed by atoms with Gasteiger partial charge in [0.15, 0.2) is 11.5 Å². The lowest BCUT2D eigenvalue weighted by Crippen LogP contribution is -2.23. The van der Waals surface area contributed by atoms with Gasteiger partial charge in [-0.15, -0.1) is 0 Å². The molecule has 1 aliphatic rings. The zero-order valence-electron chi connectivity index (χ0n) is 14.0. The summed E-state index contributed by atoms with van der Waals surface area (Å²) in [6, 6.07) is 7.94. The van der Waals surface area contributed by atoms with Gasteiger partial charge in [0.2, 0.25) is 0 Å². The Balaban J connectivity index is 1.79. The molecule has 5 nitrogen and oxygen atoms in total. The molecule has 1 fully saturated rings. The largest absolute Gasteiger partial charge is 0.504 e. The van der Waals surface area contributed by atoms with Gasteiger partial charge in [-0.3, -0.25) is 4.90 Å². The monoisotopic (exact) mass is 316 g/mol. The van der Waals surface area contributed by atoms with Gasteiger partial charge < -0.3 is 14.4 Å². The molecule has 1 N–H and O–H groups in total. The van der Waals surface area contributed by atoms with Crippen LogP contribution in [0, 0.1) is 0 Å². The van der Waals surface area contributed by atoms with E-state index in [0.29, 0.717) is 18.2 Å².